The molecule has 0 fully saturated rings. The van der Waals surface area contributed by atoms with Crippen LogP contribution < -0.4 is 16.6 Å². The van der Waals surface area contributed by atoms with Crippen molar-refractivity contribution in [2.45, 2.75) is 33.2 Å². The Hall–Kier alpha value is -1.07. The van der Waals surface area contributed by atoms with E-state index < -0.39 is 0 Å². The Morgan fingerprint density at radius 2 is 2.12 bits per heavy atom. The lowest BCUT2D eigenvalue weighted by atomic mass is 10.4. The molecule has 1 aromatic rings. The summed E-state index contributed by atoms with van der Waals surface area (Å²) in [5.41, 5.74) is 2.57. The second kappa shape index (κ2) is 7.24. The fraction of sp³-hybridized carbons (Fsp3) is 0.545. The smallest absolute Gasteiger partial charge is 0.206 e. The topological polar surface area (TPSA) is 62.4 Å². The standard InChI is InChI=1S/C11H20N4S/c1-3-7-13-11(15-12)14-8-10-6-5-9(4-2)16-10/h5-6H,3-4,7-8,12H2,1-2H3,(H2,13,14,15). The van der Waals surface area contributed by atoms with Crippen molar-refractivity contribution in [3.63, 3.8) is 0 Å². The molecule has 0 aliphatic rings. The number of nitrogens with zero attached hydrogens (tertiary/aromatic N) is 1. The monoisotopic (exact) mass is 240 g/mol. The first-order chi connectivity index (χ1) is 7.80. The fourth-order valence-electron chi connectivity index (χ4n) is 1.25. The van der Waals surface area contributed by atoms with Crippen LogP contribution in [0, 0.1) is 0 Å². The van der Waals surface area contributed by atoms with Gasteiger partial charge < -0.3 is 5.32 Å². The SMILES string of the molecule is CCCNC(=NCc1ccc(CC)s1)NN. The molecule has 1 aromatic heterocycles. The van der Waals surface area contributed by atoms with Crippen LogP contribution in [0.5, 0.6) is 0 Å². The highest BCUT2D eigenvalue weighted by Crippen LogP contribution is 2.17. The highest BCUT2D eigenvalue weighted by atomic mass is 32.1. The molecule has 0 amide bonds. The molecule has 0 unspecified atom stereocenters. The van der Waals surface area contributed by atoms with Gasteiger partial charge in [-0.1, -0.05) is 13.8 Å². The molecule has 4 nitrogen and oxygen atoms in total. The van der Waals surface area contributed by atoms with E-state index in [4.69, 9.17) is 5.84 Å². The number of hydrogen-bond acceptors (Lipinski definition) is 3. The van der Waals surface area contributed by atoms with Crippen molar-refractivity contribution in [3.05, 3.63) is 21.9 Å². The van der Waals surface area contributed by atoms with Gasteiger partial charge in [0.1, 0.15) is 0 Å². The summed E-state index contributed by atoms with van der Waals surface area (Å²) in [6, 6.07) is 4.28. The van der Waals surface area contributed by atoms with Crippen LogP contribution in [-0.2, 0) is 13.0 Å². The molecular weight excluding hydrogens is 220 g/mol. The van der Waals surface area contributed by atoms with Gasteiger partial charge in [-0.3, -0.25) is 5.43 Å². The third kappa shape index (κ3) is 4.20. The Bertz CT molecular complexity index is 332. The number of nitrogens with one attached hydrogen (secondary N) is 2. The Kier molecular flexibility index (Phi) is 5.88. The van der Waals surface area contributed by atoms with E-state index >= 15 is 0 Å². The highest BCUT2D eigenvalue weighted by molar-refractivity contribution is 7.11. The number of aryl methyl sites for hydroxylation is 1. The number of rotatable bonds is 5. The zero-order valence-corrected chi connectivity index (χ0v) is 10.7. The van der Waals surface area contributed by atoms with Crippen LogP contribution >= 0.6 is 11.3 Å². The van der Waals surface area contributed by atoms with Gasteiger partial charge in [-0.2, -0.15) is 0 Å². The fourth-order valence-corrected chi connectivity index (χ4v) is 2.13. The lowest BCUT2D eigenvalue weighted by Crippen LogP contribution is -2.41. The predicted molar refractivity (Wildman–Crippen MR) is 70.5 cm³/mol. The number of hydrogen-bond donors (Lipinski definition) is 3. The molecule has 16 heavy (non-hydrogen) atoms. The zero-order valence-electron chi connectivity index (χ0n) is 9.92. The second-order valence-corrected chi connectivity index (χ2v) is 4.71. The van der Waals surface area contributed by atoms with E-state index in [2.05, 4.69) is 41.7 Å². The third-order valence-corrected chi connectivity index (χ3v) is 3.35. The van der Waals surface area contributed by atoms with Gasteiger partial charge in [0, 0.05) is 16.3 Å². The molecule has 0 spiro atoms. The molecule has 0 aliphatic heterocycles. The van der Waals surface area contributed by atoms with Gasteiger partial charge in [-0.25, -0.2) is 10.8 Å². The molecule has 90 valence electrons. The van der Waals surface area contributed by atoms with Gasteiger partial charge in [0.15, 0.2) is 0 Å². The minimum atomic E-state index is 0.660. The Morgan fingerprint density at radius 3 is 2.69 bits per heavy atom. The zero-order chi connectivity index (χ0) is 11.8. The Balaban J connectivity index is 2.48. The summed E-state index contributed by atoms with van der Waals surface area (Å²) in [4.78, 5) is 7.04. The van der Waals surface area contributed by atoms with E-state index in [9.17, 15) is 0 Å². The molecule has 5 heteroatoms. The molecular formula is C11H20N4S. The van der Waals surface area contributed by atoms with Gasteiger partial charge in [-0.05, 0) is 25.0 Å². The average Bonchev–Trinajstić information content (AvgIpc) is 2.77. The largest absolute Gasteiger partial charge is 0.355 e. The van der Waals surface area contributed by atoms with E-state index in [-0.39, 0.29) is 0 Å². The van der Waals surface area contributed by atoms with E-state index in [1.807, 2.05) is 0 Å². The molecule has 0 saturated heterocycles. The first-order valence-electron chi connectivity index (χ1n) is 5.62. The number of hydrazine groups is 1. The molecule has 0 atom stereocenters. The van der Waals surface area contributed by atoms with E-state index in [0.29, 0.717) is 12.5 Å². The van der Waals surface area contributed by atoms with Crippen molar-refractivity contribution >= 4 is 17.3 Å². The van der Waals surface area contributed by atoms with Gasteiger partial charge in [0.2, 0.25) is 5.96 Å². The number of aliphatic imine (C=N–C) groups is 1. The van der Waals surface area contributed by atoms with Crippen molar-refractivity contribution in [2.24, 2.45) is 10.8 Å². The van der Waals surface area contributed by atoms with Crippen molar-refractivity contribution in [3.8, 4) is 0 Å². The van der Waals surface area contributed by atoms with Crippen LogP contribution in [-0.4, -0.2) is 12.5 Å². The van der Waals surface area contributed by atoms with E-state index in [1.54, 1.807) is 11.3 Å². The molecule has 0 aromatic carbocycles. The third-order valence-electron chi connectivity index (χ3n) is 2.14. The second-order valence-electron chi connectivity index (χ2n) is 3.46. The first-order valence-corrected chi connectivity index (χ1v) is 6.44. The van der Waals surface area contributed by atoms with E-state index in [1.165, 1.54) is 9.75 Å². The highest BCUT2D eigenvalue weighted by Gasteiger charge is 1.98. The summed E-state index contributed by atoms with van der Waals surface area (Å²) in [5.74, 6) is 6.03. The Morgan fingerprint density at radius 1 is 1.38 bits per heavy atom. The van der Waals surface area contributed by atoms with Crippen LogP contribution in [0.3, 0.4) is 0 Å². The molecule has 0 bridgehead atoms. The van der Waals surface area contributed by atoms with Crippen molar-refractivity contribution < 1.29 is 0 Å². The number of thiophene rings is 1. The van der Waals surface area contributed by atoms with Crippen molar-refractivity contribution in [1.29, 1.82) is 0 Å². The average molecular weight is 240 g/mol. The van der Waals surface area contributed by atoms with Crippen LogP contribution in [0.1, 0.15) is 30.0 Å². The summed E-state index contributed by atoms with van der Waals surface area (Å²) in [6.45, 7) is 5.83. The molecule has 4 N–H and O–H groups in total. The maximum Gasteiger partial charge on any atom is 0.206 e. The van der Waals surface area contributed by atoms with Gasteiger partial charge >= 0.3 is 0 Å². The summed E-state index contributed by atoms with van der Waals surface area (Å²) in [7, 11) is 0. The summed E-state index contributed by atoms with van der Waals surface area (Å²) in [5, 5.41) is 3.13. The maximum atomic E-state index is 5.37. The lowest BCUT2D eigenvalue weighted by Gasteiger charge is -2.06. The summed E-state index contributed by atoms with van der Waals surface area (Å²) in [6.07, 6.45) is 2.14. The van der Waals surface area contributed by atoms with Crippen LogP contribution in [0.15, 0.2) is 17.1 Å². The minimum absolute atomic E-state index is 0.660. The summed E-state index contributed by atoms with van der Waals surface area (Å²) < 4.78 is 0. The molecule has 0 aliphatic carbocycles. The molecule has 0 saturated carbocycles. The number of nitrogens with two attached hydrogens (primary N) is 1. The van der Waals surface area contributed by atoms with Crippen LogP contribution in [0.25, 0.3) is 0 Å². The molecule has 1 heterocycles. The first kappa shape index (κ1) is 13.0. The lowest BCUT2D eigenvalue weighted by molar-refractivity contribution is 0.791. The molecule has 1 rings (SSSR count). The van der Waals surface area contributed by atoms with Gasteiger partial charge in [0.25, 0.3) is 0 Å². The summed E-state index contributed by atoms with van der Waals surface area (Å²) >= 11 is 1.81. The van der Waals surface area contributed by atoms with Gasteiger partial charge in [0.05, 0.1) is 6.54 Å². The maximum absolute atomic E-state index is 5.37. The normalized spacial score (nSPS) is 11.6. The van der Waals surface area contributed by atoms with Crippen molar-refractivity contribution in [1.82, 2.24) is 10.7 Å². The number of guanidine groups is 1. The van der Waals surface area contributed by atoms with Crippen LogP contribution in [0.2, 0.25) is 0 Å². The Labute approximate surface area is 101 Å². The van der Waals surface area contributed by atoms with Gasteiger partial charge in [-0.15, -0.1) is 11.3 Å². The predicted octanol–water partition coefficient (Wildman–Crippen LogP) is 1.63. The minimum Gasteiger partial charge on any atom is -0.355 e. The molecule has 0 radical (unpaired) electrons. The van der Waals surface area contributed by atoms with Crippen molar-refractivity contribution in [2.75, 3.05) is 6.54 Å². The van der Waals surface area contributed by atoms with Crippen LogP contribution in [0.4, 0.5) is 0 Å². The van der Waals surface area contributed by atoms with E-state index in [0.717, 1.165) is 19.4 Å². The quantitative estimate of drug-likeness (QED) is 0.317.